The zero-order valence-corrected chi connectivity index (χ0v) is 13.4. The summed E-state index contributed by atoms with van der Waals surface area (Å²) in [5, 5.41) is 19.3. The molecule has 0 radical (unpaired) electrons. The van der Waals surface area contributed by atoms with Crippen LogP contribution >= 0.6 is 0 Å². The number of aliphatic hydroxyl groups is 1. The molecule has 5 nitrogen and oxygen atoms in total. The molecule has 0 bridgehead atoms. The zero-order chi connectivity index (χ0) is 16.9. The van der Waals surface area contributed by atoms with Crippen molar-refractivity contribution in [3.63, 3.8) is 0 Å². The number of carbonyl (C=O) groups is 1. The molecule has 1 atom stereocenters. The lowest BCUT2D eigenvalue weighted by Gasteiger charge is -2.31. The molecule has 1 aromatic heterocycles. The number of rotatable bonds is 6. The first kappa shape index (κ1) is 16.8. The van der Waals surface area contributed by atoms with Gasteiger partial charge in [0.1, 0.15) is 11.8 Å². The van der Waals surface area contributed by atoms with Crippen LogP contribution in [0.4, 0.5) is 0 Å². The van der Waals surface area contributed by atoms with Gasteiger partial charge >= 0.3 is 0 Å². The first-order valence-electron chi connectivity index (χ1n) is 7.59. The molecule has 0 aliphatic heterocycles. The lowest BCUT2D eigenvalue weighted by Crippen LogP contribution is -2.43. The minimum absolute atomic E-state index is 0.220. The van der Waals surface area contributed by atoms with E-state index in [2.05, 4.69) is 4.98 Å². The zero-order valence-electron chi connectivity index (χ0n) is 13.4. The molecule has 2 rings (SSSR count). The summed E-state index contributed by atoms with van der Waals surface area (Å²) >= 11 is 0. The van der Waals surface area contributed by atoms with Gasteiger partial charge in [-0.3, -0.25) is 4.79 Å². The second-order valence-electron chi connectivity index (χ2n) is 5.91. The van der Waals surface area contributed by atoms with Crippen LogP contribution in [0.25, 0.3) is 0 Å². The van der Waals surface area contributed by atoms with E-state index >= 15 is 0 Å². The van der Waals surface area contributed by atoms with Gasteiger partial charge < -0.3 is 15.0 Å². The minimum Gasteiger partial charge on any atom is -0.388 e. The smallest absolute Gasteiger partial charge is 0.270 e. The van der Waals surface area contributed by atoms with Crippen LogP contribution in [0, 0.1) is 11.3 Å². The van der Waals surface area contributed by atoms with Crippen molar-refractivity contribution in [1.82, 2.24) is 9.88 Å². The molecule has 1 amide bonds. The summed E-state index contributed by atoms with van der Waals surface area (Å²) in [6.07, 6.45) is 2.05. The maximum Gasteiger partial charge on any atom is 0.270 e. The number of hydrogen-bond donors (Lipinski definition) is 2. The first-order valence-corrected chi connectivity index (χ1v) is 7.59. The number of amides is 1. The molecule has 2 N–H and O–H groups in total. The molecular weight excluding hydrogens is 290 g/mol. The normalized spacial score (nSPS) is 13.1. The number of nitrogens with zero attached hydrogens (tertiary/aromatic N) is 2. The van der Waals surface area contributed by atoms with Gasteiger partial charge in [0, 0.05) is 19.3 Å². The topological polar surface area (TPSA) is 80.1 Å². The Morgan fingerprint density at radius 3 is 2.65 bits per heavy atom. The molecule has 0 aliphatic carbocycles. The van der Waals surface area contributed by atoms with Crippen molar-refractivity contribution >= 4 is 5.91 Å². The standard InChI is InChI=1S/C18H21N3O2/c1-3-18(2,23)13-21(12-14-7-5-4-6-8-14)17(22)16-9-15(10-19)11-20-16/h4-9,11,20,23H,3,12-13H2,1-2H3/t18-/m0/s1. The molecule has 1 aromatic carbocycles. The summed E-state index contributed by atoms with van der Waals surface area (Å²) in [5.74, 6) is -0.232. The predicted molar refractivity (Wildman–Crippen MR) is 87.6 cm³/mol. The number of H-pyrrole nitrogens is 1. The summed E-state index contributed by atoms with van der Waals surface area (Å²) in [6.45, 7) is 4.22. The van der Waals surface area contributed by atoms with Gasteiger partial charge in [0.15, 0.2) is 0 Å². The molecule has 0 aliphatic rings. The number of benzene rings is 1. The van der Waals surface area contributed by atoms with E-state index in [1.54, 1.807) is 11.8 Å². The molecule has 120 valence electrons. The van der Waals surface area contributed by atoms with Crippen LogP contribution in [0.5, 0.6) is 0 Å². The Kier molecular flexibility index (Phi) is 5.20. The predicted octanol–water partition coefficient (Wildman–Crippen LogP) is 2.69. The highest BCUT2D eigenvalue weighted by atomic mass is 16.3. The molecule has 1 heterocycles. The van der Waals surface area contributed by atoms with E-state index < -0.39 is 5.60 Å². The van der Waals surface area contributed by atoms with Crippen molar-refractivity contribution in [2.24, 2.45) is 0 Å². The number of nitriles is 1. The van der Waals surface area contributed by atoms with Crippen LogP contribution in [0.15, 0.2) is 42.6 Å². The fourth-order valence-electron chi connectivity index (χ4n) is 2.28. The highest BCUT2D eigenvalue weighted by molar-refractivity contribution is 5.92. The Morgan fingerprint density at radius 2 is 2.09 bits per heavy atom. The highest BCUT2D eigenvalue weighted by Crippen LogP contribution is 2.17. The van der Waals surface area contributed by atoms with Crippen molar-refractivity contribution < 1.29 is 9.90 Å². The lowest BCUT2D eigenvalue weighted by atomic mass is 10.0. The average molecular weight is 311 g/mol. The Labute approximate surface area is 136 Å². The summed E-state index contributed by atoms with van der Waals surface area (Å²) in [7, 11) is 0. The number of nitrogens with one attached hydrogen (secondary N) is 1. The summed E-state index contributed by atoms with van der Waals surface area (Å²) in [5.41, 5.74) is 0.786. The van der Waals surface area contributed by atoms with Crippen molar-refractivity contribution in [3.05, 3.63) is 59.4 Å². The molecule has 5 heteroatoms. The lowest BCUT2D eigenvalue weighted by molar-refractivity contribution is 0.0133. The fraction of sp³-hybridized carbons (Fsp3) is 0.333. The third-order valence-electron chi connectivity index (χ3n) is 3.84. The molecule has 2 aromatic rings. The first-order chi connectivity index (χ1) is 10.9. The molecule has 23 heavy (non-hydrogen) atoms. The second-order valence-corrected chi connectivity index (χ2v) is 5.91. The summed E-state index contributed by atoms with van der Waals surface area (Å²) in [4.78, 5) is 17.2. The summed E-state index contributed by atoms with van der Waals surface area (Å²) < 4.78 is 0. The minimum atomic E-state index is -0.963. The van der Waals surface area contributed by atoms with Gasteiger partial charge in [-0.05, 0) is 25.0 Å². The maximum atomic E-state index is 12.7. The van der Waals surface area contributed by atoms with E-state index in [0.29, 0.717) is 24.2 Å². The van der Waals surface area contributed by atoms with Gasteiger partial charge in [-0.25, -0.2) is 0 Å². The van der Waals surface area contributed by atoms with Crippen LogP contribution < -0.4 is 0 Å². The van der Waals surface area contributed by atoms with Gasteiger partial charge in [-0.1, -0.05) is 37.3 Å². The number of hydrogen-bond acceptors (Lipinski definition) is 3. The van der Waals surface area contributed by atoms with E-state index in [9.17, 15) is 9.90 Å². The van der Waals surface area contributed by atoms with Crippen LogP contribution in [0.2, 0.25) is 0 Å². The van der Waals surface area contributed by atoms with E-state index in [0.717, 1.165) is 5.56 Å². The van der Waals surface area contributed by atoms with E-state index in [4.69, 9.17) is 5.26 Å². The number of aromatic nitrogens is 1. The Bertz CT molecular complexity index is 699. The van der Waals surface area contributed by atoms with E-state index in [1.807, 2.05) is 43.3 Å². The quantitative estimate of drug-likeness (QED) is 0.860. The second kappa shape index (κ2) is 7.12. The summed E-state index contributed by atoms with van der Waals surface area (Å²) in [6, 6.07) is 13.2. The van der Waals surface area contributed by atoms with Crippen LogP contribution in [-0.4, -0.2) is 33.0 Å². The number of aromatic amines is 1. The maximum absolute atomic E-state index is 12.7. The highest BCUT2D eigenvalue weighted by Gasteiger charge is 2.26. The molecule has 0 saturated heterocycles. The Balaban J connectivity index is 2.25. The fourth-order valence-corrected chi connectivity index (χ4v) is 2.28. The van der Waals surface area contributed by atoms with Gasteiger partial charge in [-0.2, -0.15) is 5.26 Å². The SMILES string of the molecule is CC[C@](C)(O)CN(Cc1ccccc1)C(=O)c1cc(C#N)c[nH]1. The number of carbonyl (C=O) groups excluding carboxylic acids is 1. The Morgan fingerprint density at radius 1 is 1.39 bits per heavy atom. The largest absolute Gasteiger partial charge is 0.388 e. The van der Waals surface area contributed by atoms with E-state index in [-0.39, 0.29) is 12.5 Å². The third kappa shape index (κ3) is 4.44. The van der Waals surface area contributed by atoms with Crippen molar-refractivity contribution in [1.29, 1.82) is 5.26 Å². The molecule has 0 unspecified atom stereocenters. The van der Waals surface area contributed by atoms with Crippen molar-refractivity contribution in [3.8, 4) is 6.07 Å². The molecule has 0 spiro atoms. The molecule has 0 saturated carbocycles. The Hall–Kier alpha value is -2.58. The van der Waals surface area contributed by atoms with E-state index in [1.165, 1.54) is 12.3 Å². The van der Waals surface area contributed by atoms with Crippen molar-refractivity contribution in [2.75, 3.05) is 6.54 Å². The van der Waals surface area contributed by atoms with Crippen LogP contribution in [0.1, 0.15) is 41.9 Å². The third-order valence-corrected chi connectivity index (χ3v) is 3.84. The van der Waals surface area contributed by atoms with Gasteiger partial charge in [-0.15, -0.1) is 0 Å². The van der Waals surface area contributed by atoms with Crippen molar-refractivity contribution in [2.45, 2.75) is 32.4 Å². The monoisotopic (exact) mass is 311 g/mol. The molecule has 0 fully saturated rings. The van der Waals surface area contributed by atoms with Crippen LogP contribution in [-0.2, 0) is 6.54 Å². The van der Waals surface area contributed by atoms with Gasteiger partial charge in [0.2, 0.25) is 0 Å². The van der Waals surface area contributed by atoms with Gasteiger partial charge in [0.25, 0.3) is 5.91 Å². The average Bonchev–Trinajstić information content (AvgIpc) is 3.03. The van der Waals surface area contributed by atoms with Gasteiger partial charge in [0.05, 0.1) is 11.2 Å². The molecular formula is C18H21N3O2. The van der Waals surface area contributed by atoms with Crippen LogP contribution in [0.3, 0.4) is 0 Å².